The van der Waals surface area contributed by atoms with E-state index in [2.05, 4.69) is 5.32 Å². The Bertz CT molecular complexity index is 825. The normalized spacial score (nSPS) is 14.6. The van der Waals surface area contributed by atoms with Crippen molar-refractivity contribution in [3.63, 3.8) is 0 Å². The minimum atomic E-state index is -0.125. The monoisotopic (exact) mass is 399 g/mol. The highest BCUT2D eigenvalue weighted by Gasteiger charge is 2.29. The molecule has 0 saturated carbocycles. The zero-order chi connectivity index (χ0) is 20.1. The quantitative estimate of drug-likeness (QED) is 0.840. The molecule has 0 radical (unpaired) electrons. The number of nitrogens with zero attached hydrogens (tertiary/aromatic N) is 2. The second kappa shape index (κ2) is 9.01. The summed E-state index contributed by atoms with van der Waals surface area (Å²) >= 11 is 1.45. The van der Waals surface area contributed by atoms with Crippen molar-refractivity contribution in [1.29, 1.82) is 0 Å². The van der Waals surface area contributed by atoms with E-state index in [1.54, 1.807) is 31.1 Å². The standard InChI is InChI=1S/C21H25N3O3S/c1-22-19(25)16-7-5-15(6-8-16)14-23(2)20(26)17-9-11-24(12-10-17)21(27)18-4-3-13-28-18/h3-8,13,17H,9-12,14H2,1-2H3,(H,22,25). The molecule has 1 aliphatic rings. The zero-order valence-electron chi connectivity index (χ0n) is 16.2. The van der Waals surface area contributed by atoms with E-state index in [9.17, 15) is 14.4 Å². The SMILES string of the molecule is CNC(=O)c1ccc(CN(C)C(=O)C2CCN(C(=O)c3cccs3)CC2)cc1. The van der Waals surface area contributed by atoms with Crippen molar-refractivity contribution in [2.45, 2.75) is 19.4 Å². The van der Waals surface area contributed by atoms with Crippen molar-refractivity contribution in [3.8, 4) is 0 Å². The molecule has 3 rings (SSSR count). The van der Waals surface area contributed by atoms with Crippen molar-refractivity contribution in [2.75, 3.05) is 27.2 Å². The summed E-state index contributed by atoms with van der Waals surface area (Å²) in [4.78, 5) is 41.1. The average molecular weight is 400 g/mol. The smallest absolute Gasteiger partial charge is 0.263 e. The van der Waals surface area contributed by atoms with Crippen LogP contribution in [0.4, 0.5) is 0 Å². The summed E-state index contributed by atoms with van der Waals surface area (Å²) in [5.74, 6) is -0.00794. The zero-order valence-corrected chi connectivity index (χ0v) is 17.0. The number of likely N-dealkylation sites (tertiary alicyclic amines) is 1. The first-order chi connectivity index (χ1) is 13.5. The molecule has 1 fully saturated rings. The van der Waals surface area contributed by atoms with Gasteiger partial charge in [0.05, 0.1) is 4.88 Å². The number of piperidine rings is 1. The predicted octanol–water partition coefficient (Wildman–Crippen LogP) is 2.62. The topological polar surface area (TPSA) is 69.7 Å². The maximum absolute atomic E-state index is 12.8. The van der Waals surface area contributed by atoms with Gasteiger partial charge in [-0.1, -0.05) is 18.2 Å². The number of hydrogen-bond acceptors (Lipinski definition) is 4. The largest absolute Gasteiger partial charge is 0.355 e. The number of benzene rings is 1. The number of hydrogen-bond donors (Lipinski definition) is 1. The molecule has 148 valence electrons. The third kappa shape index (κ3) is 4.59. The summed E-state index contributed by atoms with van der Waals surface area (Å²) in [6, 6.07) is 11.0. The summed E-state index contributed by atoms with van der Waals surface area (Å²) < 4.78 is 0. The maximum atomic E-state index is 12.8. The number of nitrogens with one attached hydrogen (secondary N) is 1. The van der Waals surface area contributed by atoms with Crippen LogP contribution in [0.15, 0.2) is 41.8 Å². The van der Waals surface area contributed by atoms with Gasteiger partial charge in [-0.2, -0.15) is 0 Å². The number of carbonyl (C=O) groups excluding carboxylic acids is 3. The van der Waals surface area contributed by atoms with E-state index >= 15 is 0 Å². The first kappa shape index (κ1) is 20.1. The lowest BCUT2D eigenvalue weighted by molar-refractivity contribution is -0.136. The third-order valence-electron chi connectivity index (χ3n) is 5.10. The molecule has 1 aliphatic heterocycles. The Kier molecular flexibility index (Phi) is 6.46. The van der Waals surface area contributed by atoms with E-state index in [-0.39, 0.29) is 23.6 Å². The Morgan fingerprint density at radius 3 is 2.39 bits per heavy atom. The van der Waals surface area contributed by atoms with Gasteiger partial charge in [0.1, 0.15) is 0 Å². The van der Waals surface area contributed by atoms with E-state index in [1.807, 2.05) is 34.5 Å². The molecule has 1 aromatic carbocycles. The van der Waals surface area contributed by atoms with E-state index in [1.165, 1.54) is 11.3 Å². The lowest BCUT2D eigenvalue weighted by Gasteiger charge is -2.33. The maximum Gasteiger partial charge on any atom is 0.263 e. The van der Waals surface area contributed by atoms with Gasteiger partial charge in [0.2, 0.25) is 5.91 Å². The number of rotatable bonds is 5. The highest BCUT2D eigenvalue weighted by Crippen LogP contribution is 2.23. The Balaban J connectivity index is 1.51. The fraction of sp³-hybridized carbons (Fsp3) is 0.381. The van der Waals surface area contributed by atoms with Crippen LogP contribution in [0.2, 0.25) is 0 Å². The van der Waals surface area contributed by atoms with Crippen LogP contribution in [0.25, 0.3) is 0 Å². The summed E-state index contributed by atoms with van der Waals surface area (Å²) in [5.41, 5.74) is 1.58. The van der Waals surface area contributed by atoms with Crippen molar-refractivity contribution in [2.24, 2.45) is 5.92 Å². The van der Waals surface area contributed by atoms with E-state index < -0.39 is 0 Å². The molecule has 3 amide bonds. The van der Waals surface area contributed by atoms with Crippen molar-refractivity contribution >= 4 is 29.1 Å². The van der Waals surface area contributed by atoms with Gasteiger partial charge in [-0.3, -0.25) is 14.4 Å². The molecule has 6 nitrogen and oxygen atoms in total. The first-order valence-electron chi connectivity index (χ1n) is 9.38. The molecule has 2 heterocycles. The Morgan fingerprint density at radius 2 is 1.82 bits per heavy atom. The summed E-state index contributed by atoms with van der Waals surface area (Å²) in [6.45, 7) is 1.73. The molecule has 0 aliphatic carbocycles. The van der Waals surface area contributed by atoms with Gasteiger partial charge in [0.15, 0.2) is 0 Å². The van der Waals surface area contributed by atoms with E-state index in [0.29, 0.717) is 38.0 Å². The van der Waals surface area contributed by atoms with Crippen LogP contribution < -0.4 is 5.32 Å². The summed E-state index contributed by atoms with van der Waals surface area (Å²) in [7, 11) is 3.40. The predicted molar refractivity (Wildman–Crippen MR) is 109 cm³/mol. The second-order valence-corrected chi connectivity index (χ2v) is 7.96. The molecule has 1 aromatic heterocycles. The van der Waals surface area contributed by atoms with Gasteiger partial charge in [-0.15, -0.1) is 11.3 Å². The molecule has 0 unspecified atom stereocenters. The van der Waals surface area contributed by atoms with Crippen molar-refractivity contribution < 1.29 is 14.4 Å². The number of thiophene rings is 1. The molecular formula is C21H25N3O3S. The Morgan fingerprint density at radius 1 is 1.14 bits per heavy atom. The van der Waals surface area contributed by atoms with E-state index in [4.69, 9.17) is 0 Å². The van der Waals surface area contributed by atoms with Gasteiger partial charge in [0.25, 0.3) is 11.8 Å². The van der Waals surface area contributed by atoms with Crippen LogP contribution in [-0.4, -0.2) is 54.7 Å². The lowest BCUT2D eigenvalue weighted by atomic mass is 9.95. The number of amides is 3. The van der Waals surface area contributed by atoms with Crippen LogP contribution in [0, 0.1) is 5.92 Å². The van der Waals surface area contributed by atoms with Gasteiger partial charge >= 0.3 is 0 Å². The fourth-order valence-corrected chi connectivity index (χ4v) is 4.15. The highest BCUT2D eigenvalue weighted by atomic mass is 32.1. The minimum absolute atomic E-state index is 0.0532. The van der Waals surface area contributed by atoms with Crippen molar-refractivity contribution in [1.82, 2.24) is 15.1 Å². The minimum Gasteiger partial charge on any atom is -0.355 e. The van der Waals surface area contributed by atoms with Gasteiger partial charge in [-0.05, 0) is 42.0 Å². The lowest BCUT2D eigenvalue weighted by Crippen LogP contribution is -2.43. The molecule has 1 saturated heterocycles. The van der Waals surface area contributed by atoms with Crippen LogP contribution >= 0.6 is 11.3 Å². The van der Waals surface area contributed by atoms with Crippen LogP contribution in [-0.2, 0) is 11.3 Å². The molecule has 0 atom stereocenters. The Hall–Kier alpha value is -2.67. The van der Waals surface area contributed by atoms with Crippen molar-refractivity contribution in [3.05, 3.63) is 57.8 Å². The van der Waals surface area contributed by atoms with Crippen LogP contribution in [0.5, 0.6) is 0 Å². The summed E-state index contributed by atoms with van der Waals surface area (Å²) in [5, 5.41) is 4.49. The van der Waals surface area contributed by atoms with Crippen LogP contribution in [0.3, 0.4) is 0 Å². The third-order valence-corrected chi connectivity index (χ3v) is 5.96. The molecular weight excluding hydrogens is 374 g/mol. The summed E-state index contributed by atoms with van der Waals surface area (Å²) in [6.07, 6.45) is 1.38. The van der Waals surface area contributed by atoms with Crippen LogP contribution in [0.1, 0.15) is 38.4 Å². The van der Waals surface area contributed by atoms with E-state index in [0.717, 1.165) is 10.4 Å². The van der Waals surface area contributed by atoms with Gasteiger partial charge < -0.3 is 15.1 Å². The molecule has 28 heavy (non-hydrogen) atoms. The molecule has 0 bridgehead atoms. The second-order valence-electron chi connectivity index (χ2n) is 7.01. The first-order valence-corrected chi connectivity index (χ1v) is 10.3. The molecule has 7 heteroatoms. The fourth-order valence-electron chi connectivity index (χ4n) is 3.45. The molecule has 2 aromatic rings. The molecule has 0 spiro atoms. The van der Waals surface area contributed by atoms with Gasteiger partial charge in [0, 0.05) is 45.2 Å². The Labute approximate surface area is 169 Å². The highest BCUT2D eigenvalue weighted by molar-refractivity contribution is 7.12. The average Bonchev–Trinajstić information content (AvgIpc) is 3.27. The molecule has 1 N–H and O–H groups in total. The number of carbonyl (C=O) groups is 3. The van der Waals surface area contributed by atoms with Gasteiger partial charge in [-0.25, -0.2) is 0 Å².